The number of fused-ring (bicyclic) bond motifs is 2. The van der Waals surface area contributed by atoms with Gasteiger partial charge < -0.3 is 19.6 Å². The number of anilines is 1. The number of aliphatic hydroxyl groups is 1. The maximum atomic E-state index is 13.2. The number of carbonyl (C=O) groups is 1. The van der Waals surface area contributed by atoms with E-state index >= 15 is 0 Å². The summed E-state index contributed by atoms with van der Waals surface area (Å²) < 4.78 is 5.48. The number of likely N-dealkylation sites (tertiary alicyclic amines) is 1. The largest absolute Gasteiger partial charge is 0.395 e. The fraction of sp³-hybridized carbons (Fsp3) is 0.632. The molecular weight excluding hydrogens is 304 g/mol. The third-order valence-corrected chi connectivity index (χ3v) is 6.05. The molecule has 0 unspecified atom stereocenters. The summed E-state index contributed by atoms with van der Waals surface area (Å²) in [6.07, 6.45) is 3.96. The Morgan fingerprint density at radius 1 is 1.17 bits per heavy atom. The summed E-state index contributed by atoms with van der Waals surface area (Å²) in [6, 6.07) is 8.74. The zero-order valence-corrected chi connectivity index (χ0v) is 14.1. The van der Waals surface area contributed by atoms with Gasteiger partial charge in [-0.1, -0.05) is 18.2 Å². The highest BCUT2D eigenvalue weighted by Crippen LogP contribution is 2.48. The standard InChI is InChI=1S/C19H26N2O3/c22-12-11-21-17-4-2-1-3-16(17)19(18(21)23)7-9-20(10-8-19)15-5-13-24-14-6-15/h1-4,15,22H,5-14H2. The highest BCUT2D eigenvalue weighted by atomic mass is 16.5. The lowest BCUT2D eigenvalue weighted by atomic mass is 9.73. The Kier molecular flexibility index (Phi) is 4.33. The maximum absolute atomic E-state index is 13.2. The van der Waals surface area contributed by atoms with Gasteiger partial charge in [0.25, 0.3) is 0 Å². The Hall–Kier alpha value is -1.43. The second-order valence-corrected chi connectivity index (χ2v) is 7.16. The number of hydrogen-bond donors (Lipinski definition) is 1. The zero-order valence-electron chi connectivity index (χ0n) is 14.1. The zero-order chi connectivity index (χ0) is 16.6. The molecule has 0 bridgehead atoms. The van der Waals surface area contributed by atoms with Crippen LogP contribution in [-0.2, 0) is 14.9 Å². The van der Waals surface area contributed by atoms with E-state index in [9.17, 15) is 9.90 Å². The summed E-state index contributed by atoms with van der Waals surface area (Å²) >= 11 is 0. The molecule has 1 amide bonds. The molecule has 24 heavy (non-hydrogen) atoms. The summed E-state index contributed by atoms with van der Waals surface area (Å²) in [5.41, 5.74) is 1.78. The number of piperidine rings is 1. The summed E-state index contributed by atoms with van der Waals surface area (Å²) in [4.78, 5) is 17.5. The third-order valence-electron chi connectivity index (χ3n) is 6.05. The van der Waals surface area contributed by atoms with Crippen LogP contribution in [0, 0.1) is 0 Å². The Labute approximate surface area is 143 Å². The topological polar surface area (TPSA) is 53.0 Å². The molecule has 0 atom stereocenters. The summed E-state index contributed by atoms with van der Waals surface area (Å²) in [5, 5.41) is 9.36. The molecule has 0 radical (unpaired) electrons. The van der Waals surface area contributed by atoms with E-state index in [0.717, 1.165) is 63.2 Å². The molecule has 3 aliphatic heterocycles. The number of ether oxygens (including phenoxy) is 1. The van der Waals surface area contributed by atoms with Gasteiger partial charge >= 0.3 is 0 Å². The van der Waals surface area contributed by atoms with Crippen molar-refractivity contribution >= 4 is 11.6 Å². The number of aliphatic hydroxyl groups excluding tert-OH is 1. The number of rotatable bonds is 3. The van der Waals surface area contributed by atoms with Gasteiger partial charge in [0.15, 0.2) is 0 Å². The van der Waals surface area contributed by atoms with Crippen LogP contribution < -0.4 is 4.90 Å². The van der Waals surface area contributed by atoms with Gasteiger partial charge in [-0.25, -0.2) is 0 Å². The molecule has 5 nitrogen and oxygen atoms in total. The van der Waals surface area contributed by atoms with Crippen LogP contribution in [0.5, 0.6) is 0 Å². The van der Waals surface area contributed by atoms with Gasteiger partial charge in [-0.15, -0.1) is 0 Å². The fourth-order valence-electron chi connectivity index (χ4n) is 4.72. The van der Waals surface area contributed by atoms with Crippen molar-refractivity contribution in [3.05, 3.63) is 29.8 Å². The van der Waals surface area contributed by atoms with E-state index in [0.29, 0.717) is 12.6 Å². The van der Waals surface area contributed by atoms with E-state index < -0.39 is 0 Å². The van der Waals surface area contributed by atoms with Crippen molar-refractivity contribution in [3.63, 3.8) is 0 Å². The fourth-order valence-corrected chi connectivity index (χ4v) is 4.72. The van der Waals surface area contributed by atoms with Gasteiger partial charge in [0.05, 0.1) is 12.0 Å². The highest BCUT2D eigenvalue weighted by Gasteiger charge is 2.52. The minimum atomic E-state index is -0.382. The van der Waals surface area contributed by atoms with Crippen molar-refractivity contribution < 1.29 is 14.6 Å². The maximum Gasteiger partial charge on any atom is 0.237 e. The number of hydrogen-bond acceptors (Lipinski definition) is 4. The Morgan fingerprint density at radius 2 is 1.88 bits per heavy atom. The molecule has 3 heterocycles. The van der Waals surface area contributed by atoms with Gasteiger partial charge in [-0.3, -0.25) is 4.79 Å². The van der Waals surface area contributed by atoms with Gasteiger partial charge in [0.2, 0.25) is 5.91 Å². The quantitative estimate of drug-likeness (QED) is 0.913. The van der Waals surface area contributed by atoms with E-state index in [-0.39, 0.29) is 17.9 Å². The molecular formula is C19H26N2O3. The Bertz CT molecular complexity index is 604. The first kappa shape index (κ1) is 16.1. The van der Waals surface area contributed by atoms with Crippen LogP contribution >= 0.6 is 0 Å². The first-order chi connectivity index (χ1) is 11.8. The van der Waals surface area contributed by atoms with Crippen molar-refractivity contribution in [2.45, 2.75) is 37.1 Å². The molecule has 3 aliphatic rings. The minimum absolute atomic E-state index is 0.00432. The first-order valence-electron chi connectivity index (χ1n) is 9.10. The monoisotopic (exact) mass is 330 g/mol. The van der Waals surface area contributed by atoms with Crippen LogP contribution in [0.25, 0.3) is 0 Å². The molecule has 0 aromatic heterocycles. The number of β-amino-alcohol motifs (C(OH)–C–C–N with tert-alkyl or cyclic N) is 1. The summed E-state index contributed by atoms with van der Waals surface area (Å²) in [7, 11) is 0. The molecule has 1 N–H and O–H groups in total. The molecule has 5 heteroatoms. The first-order valence-corrected chi connectivity index (χ1v) is 9.10. The van der Waals surface area contributed by atoms with Crippen LogP contribution in [0.3, 0.4) is 0 Å². The molecule has 1 aromatic carbocycles. The van der Waals surface area contributed by atoms with E-state index in [2.05, 4.69) is 11.0 Å². The number of amides is 1. The molecule has 2 saturated heterocycles. The summed E-state index contributed by atoms with van der Waals surface area (Å²) in [5.74, 6) is 0.185. The van der Waals surface area contributed by atoms with Gasteiger partial charge in [0, 0.05) is 31.5 Å². The van der Waals surface area contributed by atoms with Gasteiger partial charge in [0.1, 0.15) is 0 Å². The Balaban J connectivity index is 1.56. The van der Waals surface area contributed by atoms with E-state index in [1.165, 1.54) is 0 Å². The van der Waals surface area contributed by atoms with Crippen molar-refractivity contribution in [2.75, 3.05) is 44.4 Å². The lowest BCUT2D eigenvalue weighted by Gasteiger charge is -2.43. The number of benzene rings is 1. The molecule has 1 spiro atoms. The van der Waals surface area contributed by atoms with Crippen molar-refractivity contribution in [1.29, 1.82) is 0 Å². The van der Waals surface area contributed by atoms with Crippen LogP contribution in [0.1, 0.15) is 31.2 Å². The Morgan fingerprint density at radius 3 is 2.58 bits per heavy atom. The average Bonchev–Trinajstić information content (AvgIpc) is 2.87. The van der Waals surface area contributed by atoms with Gasteiger partial charge in [-0.2, -0.15) is 0 Å². The number of para-hydroxylation sites is 1. The second kappa shape index (κ2) is 6.47. The SMILES string of the molecule is O=C1N(CCO)c2ccccc2C12CCN(C1CCOCC1)CC2. The normalized spacial score (nSPS) is 24.5. The van der Waals surface area contributed by atoms with E-state index in [1.54, 1.807) is 4.90 Å². The second-order valence-electron chi connectivity index (χ2n) is 7.16. The molecule has 0 aliphatic carbocycles. The lowest BCUT2D eigenvalue weighted by molar-refractivity contribution is -0.125. The average molecular weight is 330 g/mol. The number of nitrogens with zero attached hydrogens (tertiary/aromatic N) is 2. The predicted molar refractivity (Wildman–Crippen MR) is 92.2 cm³/mol. The van der Waals surface area contributed by atoms with E-state index in [4.69, 9.17) is 4.74 Å². The van der Waals surface area contributed by atoms with Crippen LogP contribution in [0.15, 0.2) is 24.3 Å². The van der Waals surface area contributed by atoms with Crippen molar-refractivity contribution in [1.82, 2.24) is 4.90 Å². The van der Waals surface area contributed by atoms with Crippen molar-refractivity contribution in [3.8, 4) is 0 Å². The molecule has 1 aromatic rings. The van der Waals surface area contributed by atoms with E-state index in [1.807, 2.05) is 18.2 Å². The van der Waals surface area contributed by atoms with Crippen LogP contribution in [0.2, 0.25) is 0 Å². The lowest BCUT2D eigenvalue weighted by Crippen LogP contribution is -2.52. The molecule has 4 rings (SSSR count). The minimum Gasteiger partial charge on any atom is -0.395 e. The third kappa shape index (κ3) is 2.46. The van der Waals surface area contributed by atoms with Gasteiger partial charge in [-0.05, 0) is 50.4 Å². The molecule has 0 saturated carbocycles. The highest BCUT2D eigenvalue weighted by molar-refractivity contribution is 6.08. The van der Waals surface area contributed by atoms with Crippen molar-refractivity contribution in [2.24, 2.45) is 0 Å². The smallest absolute Gasteiger partial charge is 0.237 e. The predicted octanol–water partition coefficient (Wildman–Crippen LogP) is 1.54. The van der Waals surface area contributed by atoms with Crippen LogP contribution in [0.4, 0.5) is 5.69 Å². The molecule has 130 valence electrons. The van der Waals surface area contributed by atoms with Crippen LogP contribution in [-0.4, -0.2) is 61.4 Å². The summed E-state index contributed by atoms with van der Waals surface area (Å²) in [6.45, 7) is 4.05. The number of carbonyl (C=O) groups excluding carboxylic acids is 1. The molecule has 2 fully saturated rings.